The first-order valence-electron chi connectivity index (χ1n) is 6.22. The quantitative estimate of drug-likeness (QED) is 0.715. The van der Waals surface area contributed by atoms with Crippen molar-refractivity contribution in [3.63, 3.8) is 0 Å². The molecule has 0 saturated carbocycles. The smallest absolute Gasteiger partial charge is 0.308 e. The topological polar surface area (TPSA) is 90.7 Å². The largest absolute Gasteiger partial charge is 0.481 e. The summed E-state index contributed by atoms with van der Waals surface area (Å²) < 4.78 is 0. The Morgan fingerprint density at radius 1 is 1.45 bits per heavy atom. The average molecular weight is 301 g/mol. The van der Waals surface area contributed by atoms with E-state index in [1.807, 2.05) is 0 Å². The van der Waals surface area contributed by atoms with Gasteiger partial charge in [0.15, 0.2) is 5.15 Å². The zero-order chi connectivity index (χ0) is 15.1. The van der Waals surface area contributed by atoms with Gasteiger partial charge in [-0.25, -0.2) is 4.98 Å². The standard InChI is InChI=1S/C13H17ClN2O4/c1-9(13(19)20)8-16(7-3-5-11(17)18)10-4-2-6-15-12(10)14/h2,4,6,9H,3,5,7-8H2,1H3,(H,17,18)(H,19,20). The fourth-order valence-corrected chi connectivity index (χ4v) is 1.99. The SMILES string of the molecule is CC(CN(CCCC(=O)O)c1cccnc1Cl)C(=O)O. The molecule has 1 aromatic heterocycles. The van der Waals surface area contributed by atoms with E-state index < -0.39 is 17.9 Å². The van der Waals surface area contributed by atoms with Gasteiger partial charge in [0.05, 0.1) is 11.6 Å². The summed E-state index contributed by atoms with van der Waals surface area (Å²) in [5.41, 5.74) is 0.618. The Kier molecular flexibility index (Phi) is 6.24. The molecule has 0 saturated heterocycles. The first kappa shape index (κ1) is 16.2. The van der Waals surface area contributed by atoms with E-state index in [1.54, 1.807) is 30.2 Å². The normalized spacial score (nSPS) is 11.9. The van der Waals surface area contributed by atoms with Crippen LogP contribution < -0.4 is 4.90 Å². The Hall–Kier alpha value is -1.82. The molecule has 1 atom stereocenters. The minimum atomic E-state index is -0.909. The van der Waals surface area contributed by atoms with E-state index in [9.17, 15) is 9.59 Å². The van der Waals surface area contributed by atoms with Gasteiger partial charge in [-0.1, -0.05) is 18.5 Å². The number of aliphatic carboxylic acids is 2. The summed E-state index contributed by atoms with van der Waals surface area (Å²) in [5, 5.41) is 17.9. The zero-order valence-electron chi connectivity index (χ0n) is 11.1. The number of carbonyl (C=O) groups is 2. The van der Waals surface area contributed by atoms with Gasteiger partial charge in [0.2, 0.25) is 0 Å². The van der Waals surface area contributed by atoms with Crippen LogP contribution in [0.25, 0.3) is 0 Å². The molecule has 7 heteroatoms. The van der Waals surface area contributed by atoms with Crippen molar-refractivity contribution in [1.82, 2.24) is 4.98 Å². The van der Waals surface area contributed by atoms with Crippen molar-refractivity contribution in [3.8, 4) is 0 Å². The molecular weight excluding hydrogens is 284 g/mol. The highest BCUT2D eigenvalue weighted by atomic mass is 35.5. The van der Waals surface area contributed by atoms with Crippen LogP contribution >= 0.6 is 11.6 Å². The molecule has 1 unspecified atom stereocenters. The maximum absolute atomic E-state index is 11.0. The summed E-state index contributed by atoms with van der Waals surface area (Å²) in [7, 11) is 0. The summed E-state index contributed by atoms with van der Waals surface area (Å²) in [6.45, 7) is 2.26. The van der Waals surface area contributed by atoms with E-state index in [0.717, 1.165) is 0 Å². The van der Waals surface area contributed by atoms with E-state index in [2.05, 4.69) is 4.98 Å². The van der Waals surface area contributed by atoms with Crippen molar-refractivity contribution < 1.29 is 19.8 Å². The summed E-state index contributed by atoms with van der Waals surface area (Å²) in [5.74, 6) is -2.38. The van der Waals surface area contributed by atoms with Gasteiger partial charge in [-0.3, -0.25) is 9.59 Å². The highest BCUT2D eigenvalue weighted by molar-refractivity contribution is 6.32. The van der Waals surface area contributed by atoms with Crippen molar-refractivity contribution in [1.29, 1.82) is 0 Å². The lowest BCUT2D eigenvalue weighted by Gasteiger charge is -2.26. The number of carboxylic acids is 2. The molecule has 20 heavy (non-hydrogen) atoms. The fraction of sp³-hybridized carbons (Fsp3) is 0.462. The molecule has 0 aliphatic rings. The maximum Gasteiger partial charge on any atom is 0.308 e. The molecule has 0 fully saturated rings. The molecule has 0 amide bonds. The van der Waals surface area contributed by atoms with Gasteiger partial charge < -0.3 is 15.1 Å². The third-order valence-electron chi connectivity index (χ3n) is 2.81. The highest BCUT2D eigenvalue weighted by Gasteiger charge is 2.18. The van der Waals surface area contributed by atoms with Crippen LogP contribution in [0.1, 0.15) is 19.8 Å². The Bertz CT molecular complexity index is 481. The van der Waals surface area contributed by atoms with E-state index in [0.29, 0.717) is 18.7 Å². The van der Waals surface area contributed by atoms with E-state index in [-0.39, 0.29) is 18.1 Å². The number of anilines is 1. The van der Waals surface area contributed by atoms with Gasteiger partial charge >= 0.3 is 11.9 Å². The molecule has 1 rings (SSSR count). The summed E-state index contributed by atoms with van der Waals surface area (Å²) >= 11 is 6.01. The van der Waals surface area contributed by atoms with Crippen molar-refractivity contribution in [2.24, 2.45) is 5.92 Å². The molecule has 0 radical (unpaired) electrons. The summed E-state index contributed by atoms with van der Waals surface area (Å²) in [6, 6.07) is 3.45. The number of hydrogen-bond donors (Lipinski definition) is 2. The number of carboxylic acid groups (broad SMARTS) is 2. The Morgan fingerprint density at radius 3 is 2.70 bits per heavy atom. The molecule has 1 aromatic rings. The van der Waals surface area contributed by atoms with Gasteiger partial charge in [-0.2, -0.15) is 0 Å². The second-order valence-corrected chi connectivity index (χ2v) is 4.85. The van der Waals surface area contributed by atoms with Crippen LogP contribution in [-0.2, 0) is 9.59 Å². The minimum Gasteiger partial charge on any atom is -0.481 e. The lowest BCUT2D eigenvalue weighted by Crippen LogP contribution is -2.33. The van der Waals surface area contributed by atoms with Crippen LogP contribution in [0, 0.1) is 5.92 Å². The number of aromatic nitrogens is 1. The molecule has 0 bridgehead atoms. The lowest BCUT2D eigenvalue weighted by atomic mass is 10.1. The number of halogens is 1. The first-order valence-corrected chi connectivity index (χ1v) is 6.59. The molecule has 0 aliphatic carbocycles. The third-order valence-corrected chi connectivity index (χ3v) is 3.11. The molecule has 0 aliphatic heterocycles. The lowest BCUT2D eigenvalue weighted by molar-refractivity contribution is -0.141. The number of hydrogen-bond acceptors (Lipinski definition) is 4. The second-order valence-electron chi connectivity index (χ2n) is 4.50. The van der Waals surface area contributed by atoms with Crippen LogP contribution in [-0.4, -0.2) is 40.2 Å². The monoisotopic (exact) mass is 300 g/mol. The van der Waals surface area contributed by atoms with Crippen molar-refractivity contribution in [2.75, 3.05) is 18.0 Å². The highest BCUT2D eigenvalue weighted by Crippen LogP contribution is 2.24. The van der Waals surface area contributed by atoms with E-state index >= 15 is 0 Å². The Morgan fingerprint density at radius 2 is 2.15 bits per heavy atom. The van der Waals surface area contributed by atoms with Crippen LogP contribution in [0.2, 0.25) is 5.15 Å². The summed E-state index contributed by atoms with van der Waals surface area (Å²) in [4.78, 5) is 27.2. The van der Waals surface area contributed by atoms with Crippen molar-refractivity contribution in [2.45, 2.75) is 19.8 Å². The first-order chi connectivity index (χ1) is 9.41. The molecule has 6 nitrogen and oxygen atoms in total. The number of pyridine rings is 1. The van der Waals surface area contributed by atoms with Gasteiger partial charge in [0, 0.05) is 25.7 Å². The van der Waals surface area contributed by atoms with Gasteiger partial charge in [-0.05, 0) is 18.6 Å². The van der Waals surface area contributed by atoms with Crippen LogP contribution in [0.4, 0.5) is 5.69 Å². The van der Waals surface area contributed by atoms with Crippen molar-refractivity contribution in [3.05, 3.63) is 23.5 Å². The molecule has 2 N–H and O–H groups in total. The molecule has 0 spiro atoms. The Labute approximate surface area is 122 Å². The van der Waals surface area contributed by atoms with Crippen LogP contribution in [0.5, 0.6) is 0 Å². The second kappa shape index (κ2) is 7.69. The minimum absolute atomic E-state index is 0.0236. The van der Waals surface area contributed by atoms with Gasteiger partial charge in [0.25, 0.3) is 0 Å². The van der Waals surface area contributed by atoms with Crippen LogP contribution in [0.3, 0.4) is 0 Å². The van der Waals surface area contributed by atoms with Gasteiger partial charge in [0.1, 0.15) is 0 Å². The van der Waals surface area contributed by atoms with E-state index in [4.69, 9.17) is 21.8 Å². The molecule has 0 aromatic carbocycles. The van der Waals surface area contributed by atoms with E-state index in [1.165, 1.54) is 0 Å². The number of rotatable bonds is 8. The molecule has 1 heterocycles. The predicted octanol–water partition coefficient (Wildman–Crippen LogP) is 2.13. The Balaban J connectivity index is 2.81. The molecular formula is C13H17ClN2O4. The predicted molar refractivity (Wildman–Crippen MR) is 75.1 cm³/mol. The van der Waals surface area contributed by atoms with Crippen LogP contribution in [0.15, 0.2) is 18.3 Å². The van der Waals surface area contributed by atoms with Gasteiger partial charge in [-0.15, -0.1) is 0 Å². The maximum atomic E-state index is 11.0. The summed E-state index contributed by atoms with van der Waals surface area (Å²) in [6.07, 6.45) is 1.98. The van der Waals surface area contributed by atoms with Crippen molar-refractivity contribution >= 4 is 29.2 Å². The number of nitrogens with zero attached hydrogens (tertiary/aromatic N) is 2. The average Bonchev–Trinajstić information content (AvgIpc) is 2.37. The third kappa shape index (κ3) is 5.05. The molecule has 110 valence electrons. The fourth-order valence-electron chi connectivity index (χ4n) is 1.75. The zero-order valence-corrected chi connectivity index (χ0v) is 11.9.